The van der Waals surface area contributed by atoms with Crippen LogP contribution in [0.1, 0.15) is 12.8 Å². The molecule has 0 radical (unpaired) electrons. The molecule has 0 bridgehead atoms. The van der Waals surface area contributed by atoms with E-state index in [1.807, 2.05) is 0 Å². The number of hydrogen-bond donors (Lipinski definition) is 2. The van der Waals surface area contributed by atoms with Crippen molar-refractivity contribution < 1.29 is 4.79 Å². The summed E-state index contributed by atoms with van der Waals surface area (Å²) in [6.07, 6.45) is 2.45. The third-order valence-corrected chi connectivity index (χ3v) is 0.930. The largest absolute Gasteiger partial charge is 0.303 e. The Hall–Kier alpha value is 0.0200. The zero-order chi connectivity index (χ0) is 6.24. The molecule has 8 heavy (non-hydrogen) atoms. The number of hydrazine groups is 1. The minimum atomic E-state index is 0.638. The topological polar surface area (TPSA) is 41.1 Å². The first-order valence-corrected chi connectivity index (χ1v) is 3.11. The molecule has 0 fully saturated rings. The predicted octanol–water partition coefficient (Wildman–Crippen LogP) is -0.150. The second-order valence-corrected chi connectivity index (χ2v) is 1.67. The van der Waals surface area contributed by atoms with Crippen molar-refractivity contribution in [2.45, 2.75) is 12.8 Å². The second kappa shape index (κ2) is 7.02. The molecule has 0 heterocycles. The molecule has 48 valence electrons. The Morgan fingerprint density at radius 3 is 2.88 bits per heavy atom. The second-order valence-electron chi connectivity index (χ2n) is 1.38. The molecule has 3 nitrogen and oxygen atoms in total. The fourth-order valence-electron chi connectivity index (χ4n) is 0.346. The lowest BCUT2D eigenvalue weighted by molar-refractivity contribution is -0.107. The smallest absolute Gasteiger partial charge is 0.120 e. The van der Waals surface area contributed by atoms with Gasteiger partial charge in [-0.05, 0) is 6.42 Å². The number of hydrogen-bond acceptors (Lipinski definition) is 3. The molecular weight excluding hydrogens is 123 g/mol. The first-order valence-electron chi connectivity index (χ1n) is 2.54. The first kappa shape index (κ1) is 8.02. The summed E-state index contributed by atoms with van der Waals surface area (Å²) in [5.41, 5.74) is 2.84. The quantitative estimate of drug-likeness (QED) is 0.238. The fourth-order valence-corrected chi connectivity index (χ4v) is 0.490. The van der Waals surface area contributed by atoms with Gasteiger partial charge in [0, 0.05) is 13.0 Å². The molecule has 1 atom stereocenters. The number of carbonyl (C=O) groups excluding carboxylic acids is 1. The number of unbranched alkanes of at least 4 members (excludes halogenated alkanes) is 1. The van der Waals surface area contributed by atoms with Crippen LogP contribution in [0.25, 0.3) is 0 Å². The van der Waals surface area contributed by atoms with Gasteiger partial charge in [0.15, 0.2) is 0 Å². The molecule has 0 aromatic rings. The van der Waals surface area contributed by atoms with Crippen LogP contribution in [0.5, 0.6) is 0 Å². The Labute approximate surface area is 51.5 Å². The highest BCUT2D eigenvalue weighted by Gasteiger charge is 1.81. The predicted molar refractivity (Wildman–Crippen MR) is 36.1 cm³/mol. The molecule has 0 spiro atoms. The monoisotopic (exact) mass is 134 g/mol. The van der Waals surface area contributed by atoms with Crippen molar-refractivity contribution in [3.05, 3.63) is 0 Å². The van der Waals surface area contributed by atoms with E-state index in [-0.39, 0.29) is 0 Å². The van der Waals surface area contributed by atoms with Crippen molar-refractivity contribution in [2.24, 2.45) is 0 Å². The van der Waals surface area contributed by atoms with E-state index in [0.29, 0.717) is 6.42 Å². The standard InChI is InChI=1S/C4H11N2OP/c7-4-2-1-3-5-6-8/h4-6H,1-3,8H2. The Morgan fingerprint density at radius 2 is 2.38 bits per heavy atom. The van der Waals surface area contributed by atoms with Crippen LogP contribution in [0.4, 0.5) is 0 Å². The van der Waals surface area contributed by atoms with Crippen LogP contribution in [0.15, 0.2) is 0 Å². The highest BCUT2D eigenvalue weighted by Crippen LogP contribution is 1.78. The van der Waals surface area contributed by atoms with Gasteiger partial charge in [0.05, 0.1) is 0 Å². The van der Waals surface area contributed by atoms with Gasteiger partial charge >= 0.3 is 0 Å². The van der Waals surface area contributed by atoms with Gasteiger partial charge < -0.3 is 4.79 Å². The molecule has 4 heteroatoms. The summed E-state index contributed by atoms with van der Waals surface area (Å²) in [6, 6.07) is 0. The zero-order valence-electron chi connectivity index (χ0n) is 4.68. The van der Waals surface area contributed by atoms with Crippen LogP contribution in [0.3, 0.4) is 0 Å². The molecule has 0 aliphatic heterocycles. The molecule has 0 aliphatic rings. The Bertz CT molecular complexity index is 60.0. The Kier molecular flexibility index (Phi) is 7.04. The van der Waals surface area contributed by atoms with Crippen molar-refractivity contribution in [1.29, 1.82) is 0 Å². The van der Waals surface area contributed by atoms with Crippen LogP contribution in [0, 0.1) is 0 Å². The summed E-state index contributed by atoms with van der Waals surface area (Å²) in [7, 11) is 2.32. The lowest BCUT2D eigenvalue weighted by Gasteiger charge is -1.96. The van der Waals surface area contributed by atoms with Gasteiger partial charge in [0.25, 0.3) is 0 Å². The number of rotatable bonds is 5. The van der Waals surface area contributed by atoms with Crippen molar-refractivity contribution >= 4 is 15.7 Å². The van der Waals surface area contributed by atoms with Crippen molar-refractivity contribution in [3.8, 4) is 0 Å². The molecule has 0 amide bonds. The van der Waals surface area contributed by atoms with Gasteiger partial charge in [-0.15, -0.1) is 0 Å². The maximum Gasteiger partial charge on any atom is 0.120 e. The third kappa shape index (κ3) is 6.02. The van der Waals surface area contributed by atoms with E-state index in [0.717, 1.165) is 19.3 Å². The third-order valence-electron chi connectivity index (χ3n) is 0.726. The molecule has 0 aromatic heterocycles. The van der Waals surface area contributed by atoms with E-state index in [1.54, 1.807) is 0 Å². The number of carbonyl (C=O) groups is 1. The molecule has 0 rings (SSSR count). The molecule has 2 N–H and O–H groups in total. The van der Waals surface area contributed by atoms with Gasteiger partial charge in [-0.3, -0.25) is 5.43 Å². The summed E-state index contributed by atoms with van der Waals surface area (Å²) in [5, 5.41) is 2.68. The van der Waals surface area contributed by atoms with E-state index in [4.69, 9.17) is 0 Å². The number of aldehydes is 1. The lowest BCUT2D eigenvalue weighted by atomic mass is 10.3. The Morgan fingerprint density at radius 1 is 1.62 bits per heavy atom. The highest BCUT2D eigenvalue weighted by molar-refractivity contribution is 7.13. The molecule has 0 saturated carbocycles. The molecule has 0 aliphatic carbocycles. The SMILES string of the molecule is O=CCCCNNP. The van der Waals surface area contributed by atoms with Gasteiger partial charge in [-0.25, -0.2) is 5.20 Å². The average Bonchev–Trinajstić information content (AvgIpc) is 1.81. The first-order chi connectivity index (χ1) is 3.91. The van der Waals surface area contributed by atoms with Crippen LogP contribution in [-0.2, 0) is 4.79 Å². The summed E-state index contributed by atoms with van der Waals surface area (Å²) in [6.45, 7) is 0.836. The van der Waals surface area contributed by atoms with Gasteiger partial charge in [0.1, 0.15) is 6.29 Å². The van der Waals surface area contributed by atoms with E-state index >= 15 is 0 Å². The Balaban J connectivity index is 2.62. The summed E-state index contributed by atoms with van der Waals surface area (Å²) >= 11 is 0. The van der Waals surface area contributed by atoms with Gasteiger partial charge in [-0.1, -0.05) is 9.39 Å². The van der Waals surface area contributed by atoms with Crippen LogP contribution in [-0.4, -0.2) is 12.8 Å². The number of nitrogens with one attached hydrogen (secondary N) is 2. The van der Waals surface area contributed by atoms with Crippen LogP contribution >= 0.6 is 9.39 Å². The molecular formula is C4H11N2OP. The van der Waals surface area contributed by atoms with E-state index in [1.165, 1.54) is 0 Å². The average molecular weight is 134 g/mol. The minimum absolute atomic E-state index is 0.638. The molecule has 0 saturated heterocycles. The summed E-state index contributed by atoms with van der Waals surface area (Å²) in [4.78, 5) is 9.71. The summed E-state index contributed by atoms with van der Waals surface area (Å²) < 4.78 is 0. The van der Waals surface area contributed by atoms with E-state index in [9.17, 15) is 4.79 Å². The fraction of sp³-hybridized carbons (Fsp3) is 0.750. The van der Waals surface area contributed by atoms with Gasteiger partial charge in [0.2, 0.25) is 0 Å². The summed E-state index contributed by atoms with van der Waals surface area (Å²) in [5.74, 6) is 0. The normalized spacial score (nSPS) is 9.12. The van der Waals surface area contributed by atoms with Crippen molar-refractivity contribution in [2.75, 3.05) is 6.54 Å². The minimum Gasteiger partial charge on any atom is -0.303 e. The van der Waals surface area contributed by atoms with Crippen molar-refractivity contribution in [3.63, 3.8) is 0 Å². The highest BCUT2D eigenvalue weighted by atomic mass is 31.0. The zero-order valence-corrected chi connectivity index (χ0v) is 5.84. The molecule has 1 unspecified atom stereocenters. The van der Waals surface area contributed by atoms with E-state index in [2.05, 4.69) is 20.0 Å². The van der Waals surface area contributed by atoms with Gasteiger partial charge in [-0.2, -0.15) is 0 Å². The van der Waals surface area contributed by atoms with Crippen LogP contribution < -0.4 is 10.6 Å². The lowest BCUT2D eigenvalue weighted by Crippen LogP contribution is -2.23. The maximum atomic E-state index is 9.71. The van der Waals surface area contributed by atoms with Crippen LogP contribution in [0.2, 0.25) is 0 Å². The molecule has 0 aromatic carbocycles. The van der Waals surface area contributed by atoms with E-state index < -0.39 is 0 Å². The van der Waals surface area contributed by atoms with Crippen molar-refractivity contribution in [1.82, 2.24) is 10.6 Å². The maximum absolute atomic E-state index is 9.71.